The summed E-state index contributed by atoms with van der Waals surface area (Å²) in [4.78, 5) is 16.5. The number of thiazole rings is 1. The molecule has 0 aliphatic heterocycles. The van der Waals surface area contributed by atoms with Crippen molar-refractivity contribution in [2.45, 2.75) is 33.7 Å². The van der Waals surface area contributed by atoms with Crippen LogP contribution in [-0.4, -0.2) is 20.7 Å². The lowest BCUT2D eigenvalue weighted by Gasteiger charge is -2.06. The number of hydrogen-bond acceptors (Lipinski definition) is 4. The summed E-state index contributed by atoms with van der Waals surface area (Å²) in [7, 11) is 0. The summed E-state index contributed by atoms with van der Waals surface area (Å²) in [6.07, 6.45) is 0.404. The first kappa shape index (κ1) is 14.7. The van der Waals surface area contributed by atoms with Gasteiger partial charge in [-0.05, 0) is 45.0 Å². The fraction of sp³-hybridized carbons (Fsp3) is 0.312. The minimum atomic E-state index is -0.00635. The molecule has 114 valence electrons. The molecule has 0 spiro atoms. The summed E-state index contributed by atoms with van der Waals surface area (Å²) in [5.41, 5.74) is 3.84. The van der Waals surface area contributed by atoms with Crippen LogP contribution in [0.15, 0.2) is 24.3 Å². The first-order chi connectivity index (χ1) is 10.5. The number of nitrogens with one attached hydrogen (secondary N) is 1. The standard InChI is InChI=1S/C16H18N4OS/c1-10-8-11(2)20(19-10)7-6-16(21)18-13-4-5-14-15(9-13)22-12(3)17-14/h4-5,8-9H,6-7H2,1-3H3,(H,18,21). The third kappa shape index (κ3) is 3.17. The van der Waals surface area contributed by atoms with E-state index in [0.29, 0.717) is 13.0 Å². The van der Waals surface area contributed by atoms with E-state index in [1.165, 1.54) is 0 Å². The quantitative estimate of drug-likeness (QED) is 0.802. The van der Waals surface area contributed by atoms with Crippen LogP contribution in [0.4, 0.5) is 5.69 Å². The minimum Gasteiger partial charge on any atom is -0.326 e. The molecule has 5 nitrogen and oxygen atoms in total. The number of aryl methyl sites for hydroxylation is 4. The van der Waals surface area contributed by atoms with Gasteiger partial charge < -0.3 is 5.32 Å². The molecule has 1 aromatic carbocycles. The molecule has 1 N–H and O–H groups in total. The zero-order valence-corrected chi connectivity index (χ0v) is 13.7. The van der Waals surface area contributed by atoms with Crippen molar-refractivity contribution in [3.63, 3.8) is 0 Å². The first-order valence-electron chi connectivity index (χ1n) is 7.19. The zero-order valence-electron chi connectivity index (χ0n) is 12.9. The number of benzene rings is 1. The van der Waals surface area contributed by atoms with E-state index in [1.54, 1.807) is 11.3 Å². The van der Waals surface area contributed by atoms with Crippen molar-refractivity contribution in [2.75, 3.05) is 5.32 Å². The number of nitrogens with zero attached hydrogens (tertiary/aromatic N) is 3. The Balaban J connectivity index is 1.64. The van der Waals surface area contributed by atoms with Gasteiger partial charge >= 0.3 is 0 Å². The number of carbonyl (C=O) groups excluding carboxylic acids is 1. The smallest absolute Gasteiger partial charge is 0.226 e. The van der Waals surface area contributed by atoms with E-state index in [-0.39, 0.29) is 5.91 Å². The van der Waals surface area contributed by atoms with Crippen molar-refractivity contribution in [3.8, 4) is 0 Å². The van der Waals surface area contributed by atoms with E-state index in [2.05, 4.69) is 15.4 Å². The summed E-state index contributed by atoms with van der Waals surface area (Å²) in [6, 6.07) is 7.82. The molecule has 3 rings (SSSR count). The molecule has 0 saturated carbocycles. The Morgan fingerprint density at radius 1 is 1.27 bits per heavy atom. The molecule has 6 heteroatoms. The van der Waals surface area contributed by atoms with Gasteiger partial charge in [-0.3, -0.25) is 9.48 Å². The van der Waals surface area contributed by atoms with Gasteiger partial charge in [0.25, 0.3) is 0 Å². The van der Waals surface area contributed by atoms with Gasteiger partial charge in [-0.1, -0.05) is 0 Å². The average Bonchev–Trinajstić information content (AvgIpc) is 2.97. The summed E-state index contributed by atoms with van der Waals surface area (Å²) < 4.78 is 2.96. The highest BCUT2D eigenvalue weighted by Gasteiger charge is 2.07. The zero-order chi connectivity index (χ0) is 15.7. The van der Waals surface area contributed by atoms with E-state index in [4.69, 9.17) is 0 Å². The van der Waals surface area contributed by atoms with E-state index in [9.17, 15) is 4.79 Å². The summed E-state index contributed by atoms with van der Waals surface area (Å²) >= 11 is 1.63. The lowest BCUT2D eigenvalue weighted by atomic mass is 10.3. The van der Waals surface area contributed by atoms with Crippen molar-refractivity contribution in [1.82, 2.24) is 14.8 Å². The highest BCUT2D eigenvalue weighted by molar-refractivity contribution is 7.18. The van der Waals surface area contributed by atoms with Crippen LogP contribution in [-0.2, 0) is 11.3 Å². The molecule has 0 aliphatic carbocycles. The maximum Gasteiger partial charge on any atom is 0.226 e. The molecule has 0 fully saturated rings. The molecule has 1 amide bonds. The molecule has 0 unspecified atom stereocenters. The molecule has 2 heterocycles. The Bertz CT molecular complexity index is 834. The number of carbonyl (C=O) groups is 1. The highest BCUT2D eigenvalue weighted by Crippen LogP contribution is 2.24. The number of aromatic nitrogens is 3. The molecule has 2 aromatic heterocycles. The van der Waals surface area contributed by atoms with Crippen LogP contribution in [0.3, 0.4) is 0 Å². The molecule has 0 aliphatic rings. The lowest BCUT2D eigenvalue weighted by molar-refractivity contribution is -0.116. The van der Waals surface area contributed by atoms with Crippen molar-refractivity contribution < 1.29 is 4.79 Å². The second-order valence-electron chi connectivity index (χ2n) is 5.36. The summed E-state index contributed by atoms with van der Waals surface area (Å²) in [5, 5.41) is 8.33. The average molecular weight is 314 g/mol. The molecule has 0 bridgehead atoms. The Labute approximate surface area is 133 Å². The molecular weight excluding hydrogens is 296 g/mol. The SMILES string of the molecule is Cc1cc(C)n(CCC(=O)Nc2ccc3nc(C)sc3c2)n1. The fourth-order valence-corrected chi connectivity index (χ4v) is 3.32. The van der Waals surface area contributed by atoms with Gasteiger partial charge in [-0.15, -0.1) is 11.3 Å². The predicted molar refractivity (Wildman–Crippen MR) is 89.3 cm³/mol. The Kier molecular flexibility index (Phi) is 3.94. The molecule has 0 atom stereocenters. The lowest BCUT2D eigenvalue weighted by Crippen LogP contribution is -2.15. The van der Waals surface area contributed by atoms with Gasteiger partial charge in [0, 0.05) is 24.3 Å². The van der Waals surface area contributed by atoms with E-state index >= 15 is 0 Å². The molecule has 0 radical (unpaired) electrons. The fourth-order valence-electron chi connectivity index (χ4n) is 2.45. The molecule has 0 saturated heterocycles. The van der Waals surface area contributed by atoms with Gasteiger partial charge in [0.1, 0.15) is 0 Å². The van der Waals surface area contributed by atoms with Crippen LogP contribution in [0.25, 0.3) is 10.2 Å². The molecular formula is C16H18N4OS. The number of anilines is 1. The van der Waals surface area contributed by atoms with Crippen molar-refractivity contribution in [3.05, 3.63) is 40.7 Å². The maximum atomic E-state index is 12.1. The second kappa shape index (κ2) is 5.88. The van der Waals surface area contributed by atoms with Crippen LogP contribution in [0.2, 0.25) is 0 Å². The number of hydrogen-bond donors (Lipinski definition) is 1. The normalized spacial score (nSPS) is 11.0. The Hall–Kier alpha value is -2.21. The second-order valence-corrected chi connectivity index (χ2v) is 6.60. The van der Waals surface area contributed by atoms with Crippen LogP contribution in [0, 0.1) is 20.8 Å². The van der Waals surface area contributed by atoms with Gasteiger partial charge in [0.2, 0.25) is 5.91 Å². The predicted octanol–water partition coefficient (Wildman–Crippen LogP) is 3.45. The maximum absolute atomic E-state index is 12.1. The van der Waals surface area contributed by atoms with E-state index < -0.39 is 0 Å². The van der Waals surface area contributed by atoms with E-state index in [0.717, 1.165) is 32.3 Å². The van der Waals surface area contributed by atoms with Crippen molar-refractivity contribution in [1.29, 1.82) is 0 Å². The van der Waals surface area contributed by atoms with Crippen LogP contribution in [0.5, 0.6) is 0 Å². The summed E-state index contributed by atoms with van der Waals surface area (Å²) in [6.45, 7) is 6.53. The number of rotatable bonds is 4. The largest absolute Gasteiger partial charge is 0.326 e. The van der Waals surface area contributed by atoms with Gasteiger partial charge in [0.05, 0.1) is 20.9 Å². The topological polar surface area (TPSA) is 59.8 Å². The number of fused-ring (bicyclic) bond motifs is 1. The highest BCUT2D eigenvalue weighted by atomic mass is 32.1. The van der Waals surface area contributed by atoms with Gasteiger partial charge in [-0.2, -0.15) is 5.10 Å². The molecule has 3 aromatic rings. The minimum absolute atomic E-state index is 0.00635. The number of amides is 1. The van der Waals surface area contributed by atoms with Crippen LogP contribution in [0.1, 0.15) is 22.8 Å². The van der Waals surface area contributed by atoms with Crippen molar-refractivity contribution >= 4 is 33.1 Å². The van der Waals surface area contributed by atoms with Crippen LogP contribution < -0.4 is 5.32 Å². The summed E-state index contributed by atoms with van der Waals surface area (Å²) in [5.74, 6) is -0.00635. The van der Waals surface area contributed by atoms with E-state index in [1.807, 2.05) is 49.7 Å². The molecule has 22 heavy (non-hydrogen) atoms. The van der Waals surface area contributed by atoms with Crippen LogP contribution >= 0.6 is 11.3 Å². The third-order valence-electron chi connectivity index (χ3n) is 3.43. The monoisotopic (exact) mass is 314 g/mol. The Morgan fingerprint density at radius 2 is 2.09 bits per heavy atom. The Morgan fingerprint density at radius 3 is 2.82 bits per heavy atom. The van der Waals surface area contributed by atoms with Crippen molar-refractivity contribution in [2.24, 2.45) is 0 Å². The van der Waals surface area contributed by atoms with Gasteiger partial charge in [-0.25, -0.2) is 4.98 Å². The first-order valence-corrected chi connectivity index (χ1v) is 8.01. The van der Waals surface area contributed by atoms with Gasteiger partial charge in [0.15, 0.2) is 0 Å². The third-order valence-corrected chi connectivity index (χ3v) is 4.37.